The van der Waals surface area contributed by atoms with Gasteiger partial charge in [0.05, 0.1) is 0 Å². The smallest absolute Gasteiger partial charge is 0.0468 e. The highest BCUT2D eigenvalue weighted by molar-refractivity contribution is 6.30. The maximum absolute atomic E-state index is 6.16. The van der Waals surface area contributed by atoms with E-state index in [1.807, 2.05) is 19.2 Å². The van der Waals surface area contributed by atoms with Gasteiger partial charge in [-0.2, -0.15) is 0 Å². The lowest BCUT2D eigenvalue weighted by molar-refractivity contribution is 0.816. The molecular formula is C17H21ClN2. The molecule has 0 bridgehead atoms. The number of nitrogens with one attached hydrogen (secondary N) is 1. The van der Waals surface area contributed by atoms with Crippen LogP contribution in [0.3, 0.4) is 0 Å². The number of nitrogens with zero attached hydrogens (tertiary/aromatic N) is 1. The lowest BCUT2D eigenvalue weighted by Gasteiger charge is -2.24. The van der Waals surface area contributed by atoms with Gasteiger partial charge in [0.15, 0.2) is 0 Å². The Hall–Kier alpha value is -1.51. The van der Waals surface area contributed by atoms with Crippen molar-refractivity contribution in [3.63, 3.8) is 0 Å². The number of hydrogen-bond donors (Lipinski definition) is 1. The third-order valence-corrected chi connectivity index (χ3v) is 3.60. The highest BCUT2D eigenvalue weighted by Gasteiger charge is 2.10. The van der Waals surface area contributed by atoms with Crippen LogP contribution in [0.4, 0.5) is 11.4 Å². The Morgan fingerprint density at radius 1 is 1.05 bits per heavy atom. The van der Waals surface area contributed by atoms with E-state index < -0.39 is 0 Å². The van der Waals surface area contributed by atoms with Gasteiger partial charge in [-0.3, -0.25) is 0 Å². The Bertz CT molecular complexity index is 588. The first-order valence-corrected chi connectivity index (χ1v) is 7.14. The summed E-state index contributed by atoms with van der Waals surface area (Å²) in [4.78, 5) is 2.19. The van der Waals surface area contributed by atoms with Crippen LogP contribution in [0.2, 0.25) is 5.02 Å². The number of aryl methyl sites for hydroxylation is 2. The third kappa shape index (κ3) is 3.33. The van der Waals surface area contributed by atoms with Gasteiger partial charge in [0, 0.05) is 30.0 Å². The molecule has 0 aromatic heterocycles. The molecule has 0 atom stereocenters. The summed E-state index contributed by atoms with van der Waals surface area (Å²) in [6, 6.07) is 12.6. The topological polar surface area (TPSA) is 15.3 Å². The predicted octanol–water partition coefficient (Wildman–Crippen LogP) is 4.44. The third-order valence-electron chi connectivity index (χ3n) is 3.37. The molecule has 0 aliphatic carbocycles. The molecule has 0 spiro atoms. The van der Waals surface area contributed by atoms with Gasteiger partial charge in [0.2, 0.25) is 0 Å². The summed E-state index contributed by atoms with van der Waals surface area (Å²) in [5.41, 5.74) is 6.09. The lowest BCUT2D eigenvalue weighted by Crippen LogP contribution is -2.15. The minimum Gasteiger partial charge on any atom is -0.344 e. The fourth-order valence-electron chi connectivity index (χ4n) is 2.47. The van der Waals surface area contributed by atoms with Gasteiger partial charge in [0.25, 0.3) is 0 Å². The van der Waals surface area contributed by atoms with Crippen LogP contribution in [0.25, 0.3) is 0 Å². The Kier molecular flexibility index (Phi) is 4.69. The van der Waals surface area contributed by atoms with Crippen molar-refractivity contribution in [2.24, 2.45) is 0 Å². The SMILES string of the molecule is CNCc1ccc(Cl)cc1N(C)c1cc(C)cc(C)c1. The number of halogens is 1. The molecule has 20 heavy (non-hydrogen) atoms. The molecule has 0 aliphatic heterocycles. The maximum atomic E-state index is 6.16. The summed E-state index contributed by atoms with van der Waals surface area (Å²) < 4.78 is 0. The minimum atomic E-state index is 0.760. The van der Waals surface area contributed by atoms with Gasteiger partial charge in [-0.25, -0.2) is 0 Å². The molecule has 2 nitrogen and oxygen atoms in total. The van der Waals surface area contributed by atoms with Crippen molar-refractivity contribution in [3.05, 3.63) is 58.1 Å². The van der Waals surface area contributed by atoms with Gasteiger partial charge in [-0.1, -0.05) is 23.7 Å². The summed E-state index contributed by atoms with van der Waals surface area (Å²) in [6.07, 6.45) is 0. The second kappa shape index (κ2) is 6.29. The number of hydrogen-bond acceptors (Lipinski definition) is 2. The Labute approximate surface area is 126 Å². The van der Waals surface area contributed by atoms with Crippen molar-refractivity contribution in [1.82, 2.24) is 5.32 Å². The fraction of sp³-hybridized carbons (Fsp3) is 0.294. The molecule has 106 valence electrons. The van der Waals surface area contributed by atoms with E-state index in [1.165, 1.54) is 22.4 Å². The molecule has 2 aromatic carbocycles. The zero-order valence-electron chi connectivity index (χ0n) is 12.5. The summed E-state index contributed by atoms with van der Waals surface area (Å²) in [6.45, 7) is 5.06. The average Bonchev–Trinajstić information content (AvgIpc) is 2.39. The lowest BCUT2D eigenvalue weighted by atomic mass is 10.1. The first kappa shape index (κ1) is 14.9. The standard InChI is InChI=1S/C17H21ClN2/c1-12-7-13(2)9-16(8-12)20(4)17-10-15(18)6-5-14(17)11-19-3/h5-10,19H,11H2,1-4H3. The van der Waals surface area contributed by atoms with Gasteiger partial charge in [-0.15, -0.1) is 0 Å². The van der Waals surface area contributed by atoms with Crippen molar-refractivity contribution in [2.75, 3.05) is 19.0 Å². The molecule has 1 N–H and O–H groups in total. The maximum Gasteiger partial charge on any atom is 0.0468 e. The van der Waals surface area contributed by atoms with Crippen molar-refractivity contribution in [3.8, 4) is 0 Å². The largest absolute Gasteiger partial charge is 0.344 e. The molecule has 0 unspecified atom stereocenters. The molecule has 2 aromatic rings. The zero-order valence-corrected chi connectivity index (χ0v) is 13.3. The Morgan fingerprint density at radius 3 is 2.30 bits per heavy atom. The first-order chi connectivity index (χ1) is 9.51. The van der Waals surface area contributed by atoms with Crippen LogP contribution in [0.15, 0.2) is 36.4 Å². The van der Waals surface area contributed by atoms with E-state index in [9.17, 15) is 0 Å². The molecule has 2 rings (SSSR count). The number of rotatable bonds is 4. The summed E-state index contributed by atoms with van der Waals surface area (Å²) >= 11 is 6.16. The van der Waals surface area contributed by atoms with Crippen molar-refractivity contribution in [2.45, 2.75) is 20.4 Å². The predicted molar refractivity (Wildman–Crippen MR) is 88.2 cm³/mol. The van der Waals surface area contributed by atoms with Crippen LogP contribution in [0.5, 0.6) is 0 Å². The van der Waals surface area contributed by atoms with Crippen LogP contribution < -0.4 is 10.2 Å². The molecule has 0 amide bonds. The van der Waals surface area contributed by atoms with E-state index >= 15 is 0 Å². The van der Waals surface area contributed by atoms with Crippen LogP contribution in [-0.4, -0.2) is 14.1 Å². The average molecular weight is 289 g/mol. The van der Waals surface area contributed by atoms with E-state index in [0.717, 1.165) is 17.3 Å². The molecule has 0 radical (unpaired) electrons. The Balaban J connectivity index is 2.46. The molecular weight excluding hydrogens is 268 g/mol. The highest BCUT2D eigenvalue weighted by Crippen LogP contribution is 2.30. The van der Waals surface area contributed by atoms with Crippen LogP contribution in [0.1, 0.15) is 16.7 Å². The molecule has 0 saturated carbocycles. The van der Waals surface area contributed by atoms with Crippen LogP contribution in [-0.2, 0) is 6.54 Å². The molecule has 0 fully saturated rings. The van der Waals surface area contributed by atoms with E-state index in [2.05, 4.69) is 55.4 Å². The molecule has 0 saturated heterocycles. The second-order valence-corrected chi connectivity index (χ2v) is 5.64. The molecule has 0 aliphatic rings. The van der Waals surface area contributed by atoms with Gasteiger partial charge < -0.3 is 10.2 Å². The zero-order chi connectivity index (χ0) is 14.7. The normalized spacial score (nSPS) is 10.7. The second-order valence-electron chi connectivity index (χ2n) is 5.21. The Morgan fingerprint density at radius 2 is 1.70 bits per heavy atom. The number of benzene rings is 2. The quantitative estimate of drug-likeness (QED) is 0.894. The van der Waals surface area contributed by atoms with Gasteiger partial charge >= 0.3 is 0 Å². The van der Waals surface area contributed by atoms with Crippen LogP contribution >= 0.6 is 11.6 Å². The minimum absolute atomic E-state index is 0.760. The van der Waals surface area contributed by atoms with E-state index in [1.54, 1.807) is 0 Å². The van der Waals surface area contributed by atoms with Crippen molar-refractivity contribution in [1.29, 1.82) is 0 Å². The van der Waals surface area contributed by atoms with Crippen molar-refractivity contribution < 1.29 is 0 Å². The van der Waals surface area contributed by atoms with Gasteiger partial charge in [0.1, 0.15) is 0 Å². The fourth-order valence-corrected chi connectivity index (χ4v) is 2.64. The van der Waals surface area contributed by atoms with Gasteiger partial charge in [-0.05, 0) is 61.9 Å². The summed E-state index contributed by atoms with van der Waals surface area (Å²) in [5, 5.41) is 3.96. The first-order valence-electron chi connectivity index (χ1n) is 6.76. The van der Waals surface area contributed by atoms with E-state index in [4.69, 9.17) is 11.6 Å². The molecule has 0 heterocycles. The van der Waals surface area contributed by atoms with E-state index in [0.29, 0.717) is 0 Å². The highest BCUT2D eigenvalue weighted by atomic mass is 35.5. The summed E-state index contributed by atoms with van der Waals surface area (Å²) in [5.74, 6) is 0. The molecule has 3 heteroatoms. The van der Waals surface area contributed by atoms with Crippen LogP contribution in [0, 0.1) is 13.8 Å². The monoisotopic (exact) mass is 288 g/mol. The van der Waals surface area contributed by atoms with Crippen molar-refractivity contribution >= 4 is 23.0 Å². The summed E-state index contributed by atoms with van der Waals surface area (Å²) in [7, 11) is 4.04. The number of anilines is 2. The van der Waals surface area contributed by atoms with E-state index in [-0.39, 0.29) is 0 Å².